The van der Waals surface area contributed by atoms with Crippen LogP contribution in [0.1, 0.15) is 12.0 Å². The summed E-state index contributed by atoms with van der Waals surface area (Å²) in [6.45, 7) is 1.36. The quantitative estimate of drug-likeness (QED) is 0.867. The number of nitriles is 1. The van der Waals surface area contributed by atoms with Crippen molar-refractivity contribution in [3.63, 3.8) is 0 Å². The van der Waals surface area contributed by atoms with E-state index in [0.717, 1.165) is 24.4 Å². The van der Waals surface area contributed by atoms with Gasteiger partial charge in [0.05, 0.1) is 29.6 Å². The lowest BCUT2D eigenvalue weighted by atomic mass is 9.99. The Balaban J connectivity index is 1.76. The average molecular weight is 330 g/mol. The summed E-state index contributed by atoms with van der Waals surface area (Å²) in [7, 11) is 0. The lowest BCUT2D eigenvalue weighted by molar-refractivity contribution is -0.137. The van der Waals surface area contributed by atoms with Crippen molar-refractivity contribution in [3.8, 4) is 17.3 Å². The molecule has 7 heteroatoms. The molecule has 0 spiro atoms. The standard InChI is InChI=1S/C17H13F3N4/c18-17(19,20)12-3-1-2-11(8-12)13-4-5-14-15(22-13)23-16(9-21)6-7-24(14)10-16/h1-5,8H,6-7,10H2,(H,22,23). The molecule has 122 valence electrons. The largest absolute Gasteiger partial charge is 0.416 e. The predicted molar refractivity (Wildman–Crippen MR) is 83.5 cm³/mol. The molecule has 2 aliphatic rings. The fourth-order valence-electron chi connectivity index (χ4n) is 3.28. The monoisotopic (exact) mass is 330 g/mol. The zero-order valence-corrected chi connectivity index (χ0v) is 12.6. The number of anilines is 2. The van der Waals surface area contributed by atoms with Gasteiger partial charge in [0.2, 0.25) is 0 Å². The molecule has 1 aromatic heterocycles. The van der Waals surface area contributed by atoms with Crippen LogP contribution >= 0.6 is 0 Å². The minimum atomic E-state index is -4.39. The van der Waals surface area contributed by atoms with E-state index in [-0.39, 0.29) is 0 Å². The van der Waals surface area contributed by atoms with Crippen LogP contribution in [0.5, 0.6) is 0 Å². The molecule has 1 N–H and O–H groups in total. The minimum absolute atomic E-state index is 0.397. The van der Waals surface area contributed by atoms with Crippen molar-refractivity contribution < 1.29 is 13.2 Å². The van der Waals surface area contributed by atoms with E-state index in [0.29, 0.717) is 30.0 Å². The molecule has 0 amide bonds. The molecule has 2 aliphatic heterocycles. The molecule has 4 rings (SSSR count). The van der Waals surface area contributed by atoms with Crippen molar-refractivity contribution in [1.29, 1.82) is 5.26 Å². The molecule has 4 nitrogen and oxygen atoms in total. The number of alkyl halides is 3. The van der Waals surface area contributed by atoms with Crippen LogP contribution < -0.4 is 10.2 Å². The number of nitrogens with zero attached hydrogens (tertiary/aromatic N) is 3. The number of hydrogen-bond donors (Lipinski definition) is 1. The van der Waals surface area contributed by atoms with Gasteiger partial charge in [0.15, 0.2) is 5.82 Å². The molecule has 1 fully saturated rings. The highest BCUT2D eigenvalue weighted by atomic mass is 19.4. The van der Waals surface area contributed by atoms with Gasteiger partial charge in [0.1, 0.15) is 5.54 Å². The molecule has 1 unspecified atom stereocenters. The van der Waals surface area contributed by atoms with Crippen molar-refractivity contribution in [1.82, 2.24) is 4.98 Å². The van der Waals surface area contributed by atoms with Crippen LogP contribution in [-0.2, 0) is 6.18 Å². The lowest BCUT2D eigenvalue weighted by Crippen LogP contribution is -2.43. The first-order valence-electron chi connectivity index (χ1n) is 7.53. The highest BCUT2D eigenvalue weighted by molar-refractivity contribution is 5.76. The summed E-state index contributed by atoms with van der Waals surface area (Å²) in [5.41, 5.74) is 0.363. The molecular weight excluding hydrogens is 317 g/mol. The summed E-state index contributed by atoms with van der Waals surface area (Å²) >= 11 is 0. The van der Waals surface area contributed by atoms with Gasteiger partial charge in [-0.2, -0.15) is 18.4 Å². The number of benzene rings is 1. The van der Waals surface area contributed by atoms with Crippen molar-refractivity contribution in [2.75, 3.05) is 23.3 Å². The number of fused-ring (bicyclic) bond motifs is 4. The third-order valence-corrected chi connectivity index (χ3v) is 4.54. The molecule has 2 bridgehead atoms. The van der Waals surface area contributed by atoms with Crippen LogP contribution in [0.2, 0.25) is 0 Å². The molecule has 0 radical (unpaired) electrons. The Hall–Kier alpha value is -2.75. The average Bonchev–Trinajstić information content (AvgIpc) is 2.93. The second kappa shape index (κ2) is 4.87. The summed E-state index contributed by atoms with van der Waals surface area (Å²) in [5, 5.41) is 12.6. The van der Waals surface area contributed by atoms with Gasteiger partial charge < -0.3 is 10.2 Å². The van der Waals surface area contributed by atoms with Crippen LogP contribution in [0.4, 0.5) is 24.7 Å². The van der Waals surface area contributed by atoms with E-state index >= 15 is 0 Å². The molecule has 24 heavy (non-hydrogen) atoms. The molecule has 3 heterocycles. The second-order valence-corrected chi connectivity index (χ2v) is 6.13. The number of hydrogen-bond acceptors (Lipinski definition) is 4. The van der Waals surface area contributed by atoms with Gasteiger partial charge in [-0.25, -0.2) is 4.98 Å². The van der Waals surface area contributed by atoms with Gasteiger partial charge in [0.25, 0.3) is 0 Å². The highest BCUT2D eigenvalue weighted by Crippen LogP contribution is 2.40. The normalized spacial score (nSPS) is 21.8. The molecule has 1 atom stereocenters. The topological polar surface area (TPSA) is 52.0 Å². The van der Waals surface area contributed by atoms with Crippen molar-refractivity contribution in [3.05, 3.63) is 42.0 Å². The first kappa shape index (κ1) is 14.8. The number of halogens is 3. The van der Waals surface area contributed by atoms with Gasteiger partial charge in [-0.1, -0.05) is 12.1 Å². The second-order valence-electron chi connectivity index (χ2n) is 6.13. The number of aromatic nitrogens is 1. The van der Waals surface area contributed by atoms with Crippen molar-refractivity contribution >= 4 is 11.5 Å². The Bertz CT molecular complexity index is 856. The number of rotatable bonds is 1. The summed E-state index contributed by atoms with van der Waals surface area (Å²) < 4.78 is 38.7. The first-order chi connectivity index (χ1) is 11.4. The Morgan fingerprint density at radius 1 is 1.25 bits per heavy atom. The zero-order chi connectivity index (χ0) is 16.9. The Morgan fingerprint density at radius 2 is 2.08 bits per heavy atom. The van der Waals surface area contributed by atoms with Gasteiger partial charge in [0, 0.05) is 18.5 Å². The van der Waals surface area contributed by atoms with Crippen LogP contribution in [0.15, 0.2) is 36.4 Å². The first-order valence-corrected chi connectivity index (χ1v) is 7.53. The Kier molecular flexibility index (Phi) is 3.01. The van der Waals surface area contributed by atoms with Crippen LogP contribution in [0, 0.1) is 11.3 Å². The van der Waals surface area contributed by atoms with Gasteiger partial charge in [-0.15, -0.1) is 0 Å². The maximum atomic E-state index is 12.9. The molecule has 1 saturated heterocycles. The minimum Gasteiger partial charge on any atom is -0.365 e. The molecule has 0 saturated carbocycles. The third kappa shape index (κ3) is 2.26. The van der Waals surface area contributed by atoms with E-state index in [1.54, 1.807) is 12.1 Å². The SMILES string of the molecule is N#CC12CCN(C1)c1ccc(-c3cccc(C(F)(F)F)c3)nc1N2. The third-order valence-electron chi connectivity index (χ3n) is 4.54. The smallest absolute Gasteiger partial charge is 0.365 e. The van der Waals surface area contributed by atoms with Gasteiger partial charge in [-0.3, -0.25) is 0 Å². The maximum Gasteiger partial charge on any atom is 0.416 e. The van der Waals surface area contributed by atoms with Crippen LogP contribution in [0.3, 0.4) is 0 Å². The molecule has 0 aliphatic carbocycles. The highest BCUT2D eigenvalue weighted by Gasteiger charge is 2.44. The lowest BCUT2D eigenvalue weighted by Gasteiger charge is -2.32. The van der Waals surface area contributed by atoms with E-state index in [1.807, 2.05) is 6.07 Å². The summed E-state index contributed by atoms with van der Waals surface area (Å²) in [6, 6.07) is 11.0. The molecule has 2 aromatic rings. The van der Waals surface area contributed by atoms with E-state index in [4.69, 9.17) is 0 Å². The van der Waals surface area contributed by atoms with Crippen molar-refractivity contribution in [2.45, 2.75) is 18.1 Å². The van der Waals surface area contributed by atoms with Crippen LogP contribution in [-0.4, -0.2) is 23.6 Å². The van der Waals surface area contributed by atoms with E-state index in [1.165, 1.54) is 6.07 Å². The van der Waals surface area contributed by atoms with E-state index < -0.39 is 17.3 Å². The van der Waals surface area contributed by atoms with Crippen molar-refractivity contribution in [2.24, 2.45) is 0 Å². The number of pyridine rings is 1. The molecular formula is C17H13F3N4. The zero-order valence-electron chi connectivity index (χ0n) is 12.6. The maximum absolute atomic E-state index is 12.9. The summed E-state index contributed by atoms with van der Waals surface area (Å²) in [5.74, 6) is 0.551. The Labute approximate surface area is 136 Å². The summed E-state index contributed by atoms with van der Waals surface area (Å²) in [4.78, 5) is 6.55. The molecule has 1 aromatic carbocycles. The number of nitrogens with one attached hydrogen (secondary N) is 1. The summed E-state index contributed by atoms with van der Waals surface area (Å²) in [6.07, 6.45) is -3.70. The fourth-order valence-corrected chi connectivity index (χ4v) is 3.28. The van der Waals surface area contributed by atoms with Gasteiger partial charge >= 0.3 is 6.18 Å². The van der Waals surface area contributed by atoms with Crippen LogP contribution in [0.25, 0.3) is 11.3 Å². The van der Waals surface area contributed by atoms with E-state index in [2.05, 4.69) is 21.3 Å². The van der Waals surface area contributed by atoms with E-state index in [9.17, 15) is 18.4 Å². The fraction of sp³-hybridized carbons (Fsp3) is 0.294. The predicted octanol–water partition coefficient (Wildman–Crippen LogP) is 3.67. The van der Waals surface area contributed by atoms with Gasteiger partial charge in [-0.05, 0) is 24.3 Å². The Morgan fingerprint density at radius 3 is 2.83 bits per heavy atom.